The molecule has 0 atom stereocenters. The normalized spacial score (nSPS) is 14.9. The van der Waals surface area contributed by atoms with Crippen molar-refractivity contribution in [1.29, 1.82) is 0 Å². The van der Waals surface area contributed by atoms with Crippen LogP contribution in [-0.4, -0.2) is 51.5 Å². The minimum absolute atomic E-state index is 0.00482. The SMILES string of the molecule is Cc1cc(N2CCN(C(=O)CCn3c(C)csc3=O)CC2)nc(C(C)C)n1. The highest BCUT2D eigenvalue weighted by Gasteiger charge is 2.23. The second-order valence-electron chi connectivity index (χ2n) is 7.29. The van der Waals surface area contributed by atoms with Gasteiger partial charge >= 0.3 is 4.87 Å². The minimum Gasteiger partial charge on any atom is -0.353 e. The number of anilines is 1. The third-order valence-electron chi connectivity index (χ3n) is 4.86. The van der Waals surface area contributed by atoms with E-state index in [1.54, 1.807) is 4.57 Å². The van der Waals surface area contributed by atoms with Crippen molar-refractivity contribution in [3.8, 4) is 0 Å². The van der Waals surface area contributed by atoms with Crippen LogP contribution >= 0.6 is 11.3 Å². The molecule has 3 heterocycles. The van der Waals surface area contributed by atoms with Gasteiger partial charge in [-0.15, -0.1) is 0 Å². The molecule has 0 radical (unpaired) electrons. The van der Waals surface area contributed by atoms with E-state index in [1.165, 1.54) is 11.3 Å². The first-order valence-corrected chi connectivity index (χ1v) is 10.3. The summed E-state index contributed by atoms with van der Waals surface area (Å²) in [5.74, 6) is 2.20. The molecule has 0 bridgehead atoms. The van der Waals surface area contributed by atoms with Gasteiger partial charge in [-0.1, -0.05) is 25.2 Å². The van der Waals surface area contributed by atoms with E-state index < -0.39 is 0 Å². The van der Waals surface area contributed by atoms with Crippen LogP contribution in [0.4, 0.5) is 5.82 Å². The zero-order chi connectivity index (χ0) is 19.6. The van der Waals surface area contributed by atoms with Crippen LogP contribution in [0.2, 0.25) is 0 Å². The molecule has 3 rings (SSSR count). The first-order chi connectivity index (χ1) is 12.8. The highest BCUT2D eigenvalue weighted by Crippen LogP contribution is 2.19. The molecule has 0 saturated carbocycles. The van der Waals surface area contributed by atoms with Crippen LogP contribution in [0, 0.1) is 13.8 Å². The largest absolute Gasteiger partial charge is 0.353 e. The molecule has 1 amide bonds. The van der Waals surface area contributed by atoms with Crippen LogP contribution in [0.1, 0.15) is 43.4 Å². The van der Waals surface area contributed by atoms with E-state index in [0.29, 0.717) is 26.1 Å². The van der Waals surface area contributed by atoms with Gasteiger partial charge in [0.1, 0.15) is 11.6 Å². The monoisotopic (exact) mass is 389 g/mol. The third-order valence-corrected chi connectivity index (χ3v) is 5.74. The van der Waals surface area contributed by atoms with E-state index >= 15 is 0 Å². The molecule has 146 valence electrons. The lowest BCUT2D eigenvalue weighted by molar-refractivity contribution is -0.131. The Morgan fingerprint density at radius 2 is 1.89 bits per heavy atom. The van der Waals surface area contributed by atoms with Crippen molar-refractivity contribution in [3.63, 3.8) is 0 Å². The smallest absolute Gasteiger partial charge is 0.307 e. The van der Waals surface area contributed by atoms with Gasteiger partial charge in [0.05, 0.1) is 0 Å². The van der Waals surface area contributed by atoms with Gasteiger partial charge in [0.15, 0.2) is 0 Å². The van der Waals surface area contributed by atoms with Gasteiger partial charge in [-0.25, -0.2) is 9.97 Å². The maximum absolute atomic E-state index is 12.5. The molecule has 0 unspecified atom stereocenters. The Hall–Kier alpha value is -2.22. The van der Waals surface area contributed by atoms with Gasteiger partial charge in [-0.2, -0.15) is 0 Å². The lowest BCUT2D eigenvalue weighted by Crippen LogP contribution is -2.49. The number of hydrogen-bond donors (Lipinski definition) is 0. The van der Waals surface area contributed by atoms with Crippen LogP contribution in [0.25, 0.3) is 0 Å². The molecule has 0 aromatic carbocycles. The van der Waals surface area contributed by atoms with E-state index in [0.717, 1.165) is 36.1 Å². The number of thiazole rings is 1. The molecule has 7 nitrogen and oxygen atoms in total. The summed E-state index contributed by atoms with van der Waals surface area (Å²) in [5, 5.41) is 1.83. The standard InChI is InChI=1S/C19H27N5O2S/c1-13(2)18-20-14(3)11-16(21-18)22-7-9-23(10-8-22)17(25)5-6-24-15(4)12-27-19(24)26/h11-13H,5-10H2,1-4H3. The molecule has 27 heavy (non-hydrogen) atoms. The number of carbonyl (C=O) groups excluding carboxylic acids is 1. The highest BCUT2D eigenvalue weighted by molar-refractivity contribution is 7.07. The van der Waals surface area contributed by atoms with Crippen molar-refractivity contribution in [3.05, 3.63) is 38.3 Å². The molecule has 1 saturated heterocycles. The Labute approximate surface area is 163 Å². The first kappa shape index (κ1) is 19.5. The lowest BCUT2D eigenvalue weighted by atomic mass is 10.2. The number of carbonyl (C=O) groups is 1. The zero-order valence-corrected chi connectivity index (χ0v) is 17.3. The van der Waals surface area contributed by atoms with Gasteiger partial charge in [-0.3, -0.25) is 9.59 Å². The fraction of sp³-hybridized carbons (Fsp3) is 0.579. The number of amides is 1. The van der Waals surface area contributed by atoms with Gasteiger partial charge in [-0.05, 0) is 13.8 Å². The third kappa shape index (κ3) is 4.55. The summed E-state index contributed by atoms with van der Waals surface area (Å²) in [6.07, 6.45) is 0.363. The molecule has 0 N–H and O–H groups in total. The first-order valence-electron chi connectivity index (χ1n) is 9.38. The van der Waals surface area contributed by atoms with Crippen molar-refractivity contribution in [2.24, 2.45) is 0 Å². The average Bonchev–Trinajstić information content (AvgIpc) is 2.97. The number of rotatable bonds is 5. The Kier molecular flexibility index (Phi) is 5.94. The maximum Gasteiger partial charge on any atom is 0.307 e. The number of hydrogen-bond acceptors (Lipinski definition) is 6. The predicted molar refractivity (Wildman–Crippen MR) is 108 cm³/mol. The van der Waals surface area contributed by atoms with Crippen LogP contribution in [0.5, 0.6) is 0 Å². The summed E-state index contributed by atoms with van der Waals surface area (Å²) < 4.78 is 1.68. The molecule has 1 aliphatic heterocycles. The Morgan fingerprint density at radius 3 is 2.48 bits per heavy atom. The summed E-state index contributed by atoms with van der Waals surface area (Å²) >= 11 is 1.18. The topological polar surface area (TPSA) is 71.3 Å². The molecular formula is C19H27N5O2S. The van der Waals surface area contributed by atoms with Crippen LogP contribution in [0.3, 0.4) is 0 Å². The second-order valence-corrected chi connectivity index (χ2v) is 8.11. The van der Waals surface area contributed by atoms with Crippen molar-refractivity contribution < 1.29 is 4.79 Å². The molecule has 1 aliphatic rings. The van der Waals surface area contributed by atoms with Gasteiger partial charge in [0, 0.05) is 67.9 Å². The van der Waals surface area contributed by atoms with Crippen molar-refractivity contribution in [2.75, 3.05) is 31.1 Å². The molecule has 0 aliphatic carbocycles. The summed E-state index contributed by atoms with van der Waals surface area (Å²) in [7, 11) is 0. The fourth-order valence-electron chi connectivity index (χ4n) is 3.22. The zero-order valence-electron chi connectivity index (χ0n) is 16.4. The molecular weight excluding hydrogens is 362 g/mol. The number of aryl methyl sites for hydroxylation is 2. The number of nitrogens with zero attached hydrogens (tertiary/aromatic N) is 5. The van der Waals surface area contributed by atoms with E-state index in [-0.39, 0.29) is 16.7 Å². The quantitative estimate of drug-likeness (QED) is 0.784. The van der Waals surface area contributed by atoms with Crippen molar-refractivity contribution in [1.82, 2.24) is 19.4 Å². The van der Waals surface area contributed by atoms with E-state index in [2.05, 4.69) is 23.7 Å². The molecule has 2 aromatic rings. The van der Waals surface area contributed by atoms with Gasteiger partial charge in [0.25, 0.3) is 0 Å². The predicted octanol–water partition coefficient (Wildman–Crippen LogP) is 2.18. The maximum atomic E-state index is 12.5. The van der Waals surface area contributed by atoms with Crippen molar-refractivity contribution >= 4 is 23.1 Å². The second kappa shape index (κ2) is 8.21. The summed E-state index contributed by atoms with van der Waals surface area (Å²) in [6.45, 7) is 11.4. The summed E-state index contributed by atoms with van der Waals surface area (Å²) in [6, 6.07) is 2.01. The van der Waals surface area contributed by atoms with Gasteiger partial charge in [0.2, 0.25) is 5.91 Å². The van der Waals surface area contributed by atoms with E-state index in [4.69, 9.17) is 4.98 Å². The van der Waals surface area contributed by atoms with Crippen LogP contribution in [0.15, 0.2) is 16.2 Å². The highest BCUT2D eigenvalue weighted by atomic mass is 32.1. The van der Waals surface area contributed by atoms with Crippen LogP contribution < -0.4 is 9.77 Å². The summed E-state index contributed by atoms with van der Waals surface area (Å²) in [4.78, 5) is 37.6. The Balaban J connectivity index is 1.57. The molecule has 0 spiro atoms. The van der Waals surface area contributed by atoms with Crippen molar-refractivity contribution in [2.45, 2.75) is 46.6 Å². The molecule has 2 aromatic heterocycles. The average molecular weight is 390 g/mol. The minimum atomic E-state index is 0.00482. The fourth-order valence-corrected chi connectivity index (χ4v) is 3.98. The van der Waals surface area contributed by atoms with Crippen LogP contribution in [-0.2, 0) is 11.3 Å². The number of piperazine rings is 1. The Bertz CT molecular complexity index is 865. The van der Waals surface area contributed by atoms with E-state index in [1.807, 2.05) is 30.2 Å². The Morgan fingerprint density at radius 1 is 1.19 bits per heavy atom. The van der Waals surface area contributed by atoms with E-state index in [9.17, 15) is 9.59 Å². The lowest BCUT2D eigenvalue weighted by Gasteiger charge is -2.35. The molecule has 8 heteroatoms. The summed E-state index contributed by atoms with van der Waals surface area (Å²) in [5.41, 5.74) is 1.89. The van der Waals surface area contributed by atoms with Gasteiger partial charge < -0.3 is 14.4 Å². The molecule has 1 fully saturated rings. The number of aromatic nitrogens is 3.